The van der Waals surface area contributed by atoms with Gasteiger partial charge in [0, 0.05) is 18.5 Å². The fourth-order valence-electron chi connectivity index (χ4n) is 1.67. The fourth-order valence-corrected chi connectivity index (χ4v) is 1.67. The summed E-state index contributed by atoms with van der Waals surface area (Å²) in [5, 5.41) is 5.55. The molecule has 20 heavy (non-hydrogen) atoms. The lowest BCUT2D eigenvalue weighted by Crippen LogP contribution is -2.31. The molecule has 2 heterocycles. The molecule has 0 fully saturated rings. The topological polar surface area (TPSA) is 76.1 Å². The molecule has 0 saturated carbocycles. The van der Waals surface area contributed by atoms with Crippen molar-refractivity contribution in [2.45, 2.75) is 13.0 Å². The Labute approximate surface area is 117 Å². The van der Waals surface area contributed by atoms with Gasteiger partial charge in [0.05, 0.1) is 25.0 Å². The van der Waals surface area contributed by atoms with Gasteiger partial charge in [0.1, 0.15) is 0 Å². The number of aromatic nitrogens is 2. The first kappa shape index (κ1) is 13.8. The molecular formula is C14H16N4O2. The number of methoxy groups -OCH3 is 1. The van der Waals surface area contributed by atoms with E-state index in [2.05, 4.69) is 20.6 Å². The average Bonchev–Trinajstić information content (AvgIpc) is 2.49. The van der Waals surface area contributed by atoms with Gasteiger partial charge in [0.15, 0.2) is 0 Å². The first-order valence-electron chi connectivity index (χ1n) is 6.16. The number of rotatable bonds is 4. The summed E-state index contributed by atoms with van der Waals surface area (Å²) < 4.78 is 4.95. The van der Waals surface area contributed by atoms with Gasteiger partial charge in [-0.1, -0.05) is 0 Å². The number of anilines is 1. The van der Waals surface area contributed by atoms with E-state index in [0.29, 0.717) is 11.6 Å². The number of hydrogen-bond acceptors (Lipinski definition) is 4. The minimum absolute atomic E-state index is 0.107. The van der Waals surface area contributed by atoms with Gasteiger partial charge in [0.2, 0.25) is 5.88 Å². The van der Waals surface area contributed by atoms with Gasteiger partial charge < -0.3 is 15.4 Å². The second-order valence-corrected chi connectivity index (χ2v) is 4.19. The SMILES string of the molecule is COc1ccc(NC(=O)N[C@H](C)c2ccncc2)cn1. The Morgan fingerprint density at radius 2 is 2.00 bits per heavy atom. The number of ether oxygens (including phenoxy) is 1. The van der Waals surface area contributed by atoms with Crippen LogP contribution >= 0.6 is 0 Å². The number of hydrogen-bond donors (Lipinski definition) is 2. The normalized spacial score (nSPS) is 11.5. The van der Waals surface area contributed by atoms with E-state index in [-0.39, 0.29) is 12.1 Å². The van der Waals surface area contributed by atoms with Gasteiger partial charge in [-0.25, -0.2) is 9.78 Å². The Morgan fingerprint density at radius 1 is 1.25 bits per heavy atom. The second kappa shape index (κ2) is 6.51. The first-order chi connectivity index (χ1) is 9.69. The summed E-state index contributed by atoms with van der Waals surface area (Å²) in [6, 6.07) is 6.73. The molecule has 1 atom stereocenters. The quantitative estimate of drug-likeness (QED) is 0.895. The molecule has 0 bridgehead atoms. The summed E-state index contributed by atoms with van der Waals surface area (Å²) in [5.41, 5.74) is 1.59. The summed E-state index contributed by atoms with van der Waals surface area (Å²) in [4.78, 5) is 19.8. The Hall–Kier alpha value is -2.63. The first-order valence-corrected chi connectivity index (χ1v) is 6.16. The van der Waals surface area contributed by atoms with Crippen LogP contribution in [-0.2, 0) is 0 Å². The number of nitrogens with zero attached hydrogens (tertiary/aromatic N) is 2. The van der Waals surface area contributed by atoms with Crippen LogP contribution < -0.4 is 15.4 Å². The van der Waals surface area contributed by atoms with Crippen molar-refractivity contribution < 1.29 is 9.53 Å². The van der Waals surface area contributed by atoms with E-state index < -0.39 is 0 Å². The lowest BCUT2D eigenvalue weighted by molar-refractivity contribution is 0.249. The number of pyridine rings is 2. The third kappa shape index (κ3) is 3.68. The maximum atomic E-state index is 11.9. The highest BCUT2D eigenvalue weighted by Gasteiger charge is 2.09. The lowest BCUT2D eigenvalue weighted by Gasteiger charge is -2.14. The standard InChI is InChI=1S/C14H16N4O2/c1-10(11-5-7-15-8-6-11)17-14(19)18-12-3-4-13(20-2)16-9-12/h3-10H,1-2H3,(H2,17,18,19)/t10-/m1/s1. The van der Waals surface area contributed by atoms with Crippen LogP contribution in [0.1, 0.15) is 18.5 Å². The van der Waals surface area contributed by atoms with Crippen LogP contribution in [0.3, 0.4) is 0 Å². The van der Waals surface area contributed by atoms with Crippen LogP contribution in [0.4, 0.5) is 10.5 Å². The van der Waals surface area contributed by atoms with Gasteiger partial charge >= 0.3 is 6.03 Å². The summed E-state index contributed by atoms with van der Waals surface area (Å²) in [5.74, 6) is 0.501. The molecule has 2 amide bonds. The van der Waals surface area contributed by atoms with E-state index in [0.717, 1.165) is 5.56 Å². The molecule has 2 rings (SSSR count). The number of nitrogens with one attached hydrogen (secondary N) is 2. The molecular weight excluding hydrogens is 256 g/mol. The summed E-state index contributed by atoms with van der Waals surface area (Å²) in [7, 11) is 1.54. The van der Waals surface area contributed by atoms with Crippen LogP contribution in [0.15, 0.2) is 42.9 Å². The molecule has 0 aliphatic rings. The molecule has 6 heteroatoms. The predicted octanol–water partition coefficient (Wildman–Crippen LogP) is 2.37. The molecule has 0 radical (unpaired) electrons. The monoisotopic (exact) mass is 272 g/mol. The highest BCUT2D eigenvalue weighted by molar-refractivity contribution is 5.89. The van der Waals surface area contributed by atoms with Crippen molar-refractivity contribution >= 4 is 11.7 Å². The van der Waals surface area contributed by atoms with Crippen molar-refractivity contribution in [3.8, 4) is 5.88 Å². The smallest absolute Gasteiger partial charge is 0.319 e. The number of carbonyl (C=O) groups is 1. The van der Waals surface area contributed by atoms with Crippen LogP contribution in [0.2, 0.25) is 0 Å². The largest absolute Gasteiger partial charge is 0.481 e. The van der Waals surface area contributed by atoms with Gasteiger partial charge in [-0.15, -0.1) is 0 Å². The third-order valence-electron chi connectivity index (χ3n) is 2.76. The number of carbonyl (C=O) groups excluding carboxylic acids is 1. The van der Waals surface area contributed by atoms with E-state index in [1.807, 2.05) is 19.1 Å². The summed E-state index contributed by atoms with van der Waals surface area (Å²) in [6.07, 6.45) is 4.92. The van der Waals surface area contributed by atoms with Crippen molar-refractivity contribution in [2.24, 2.45) is 0 Å². The molecule has 0 saturated heterocycles. The second-order valence-electron chi connectivity index (χ2n) is 4.19. The molecule has 6 nitrogen and oxygen atoms in total. The lowest BCUT2D eigenvalue weighted by atomic mass is 10.1. The van der Waals surface area contributed by atoms with Gasteiger partial charge in [-0.2, -0.15) is 0 Å². The highest BCUT2D eigenvalue weighted by Crippen LogP contribution is 2.13. The molecule has 0 aliphatic heterocycles. The van der Waals surface area contributed by atoms with Gasteiger partial charge in [-0.3, -0.25) is 4.98 Å². The predicted molar refractivity (Wildman–Crippen MR) is 75.6 cm³/mol. The van der Waals surface area contributed by atoms with Crippen molar-refractivity contribution in [3.63, 3.8) is 0 Å². The van der Waals surface area contributed by atoms with Crippen LogP contribution in [0, 0.1) is 0 Å². The zero-order chi connectivity index (χ0) is 14.4. The van der Waals surface area contributed by atoms with E-state index in [4.69, 9.17) is 4.74 Å². The van der Waals surface area contributed by atoms with Crippen molar-refractivity contribution in [2.75, 3.05) is 12.4 Å². The average molecular weight is 272 g/mol. The summed E-state index contributed by atoms with van der Waals surface area (Å²) >= 11 is 0. The Morgan fingerprint density at radius 3 is 2.60 bits per heavy atom. The van der Waals surface area contributed by atoms with Gasteiger partial charge in [0.25, 0.3) is 0 Å². The number of amides is 2. The molecule has 2 N–H and O–H groups in total. The van der Waals surface area contributed by atoms with E-state index in [1.165, 1.54) is 6.20 Å². The molecule has 2 aromatic heterocycles. The highest BCUT2D eigenvalue weighted by atomic mass is 16.5. The van der Waals surface area contributed by atoms with Crippen molar-refractivity contribution in [3.05, 3.63) is 48.4 Å². The molecule has 0 spiro atoms. The van der Waals surface area contributed by atoms with E-state index in [1.54, 1.807) is 31.6 Å². The third-order valence-corrected chi connectivity index (χ3v) is 2.76. The Bertz CT molecular complexity index is 557. The van der Waals surface area contributed by atoms with Crippen LogP contribution in [0.25, 0.3) is 0 Å². The minimum Gasteiger partial charge on any atom is -0.481 e. The molecule has 104 valence electrons. The maximum Gasteiger partial charge on any atom is 0.319 e. The summed E-state index contributed by atoms with van der Waals surface area (Å²) in [6.45, 7) is 1.90. The number of urea groups is 1. The van der Waals surface area contributed by atoms with Crippen molar-refractivity contribution in [1.82, 2.24) is 15.3 Å². The fraction of sp³-hybridized carbons (Fsp3) is 0.214. The van der Waals surface area contributed by atoms with E-state index >= 15 is 0 Å². The van der Waals surface area contributed by atoms with Crippen LogP contribution in [-0.4, -0.2) is 23.1 Å². The maximum absolute atomic E-state index is 11.9. The van der Waals surface area contributed by atoms with Crippen molar-refractivity contribution in [1.29, 1.82) is 0 Å². The zero-order valence-electron chi connectivity index (χ0n) is 11.3. The molecule has 0 aliphatic carbocycles. The van der Waals surface area contributed by atoms with E-state index in [9.17, 15) is 4.79 Å². The van der Waals surface area contributed by atoms with Gasteiger partial charge in [-0.05, 0) is 30.7 Å². The molecule has 0 aromatic carbocycles. The molecule has 2 aromatic rings. The zero-order valence-corrected chi connectivity index (χ0v) is 11.3. The Balaban J connectivity index is 1.91. The Kier molecular flexibility index (Phi) is 4.49. The van der Waals surface area contributed by atoms with Crippen LogP contribution in [0.5, 0.6) is 5.88 Å². The minimum atomic E-state index is -0.290. The molecule has 0 unspecified atom stereocenters.